The summed E-state index contributed by atoms with van der Waals surface area (Å²) in [4.78, 5) is 37.9. The van der Waals surface area contributed by atoms with Crippen LogP contribution in [0.25, 0.3) is 0 Å². The molecule has 6 nitrogen and oxygen atoms in total. The minimum Gasteiger partial charge on any atom is -0.371 e. The molecule has 1 N–H and O–H groups in total. The molecule has 1 aromatic rings. The van der Waals surface area contributed by atoms with Crippen LogP contribution in [0.3, 0.4) is 0 Å². The third kappa shape index (κ3) is 3.21. The van der Waals surface area contributed by atoms with Crippen LogP contribution in [0.1, 0.15) is 24.8 Å². The van der Waals surface area contributed by atoms with Gasteiger partial charge in [0.25, 0.3) is 0 Å². The highest BCUT2D eigenvalue weighted by Gasteiger charge is 2.25. The lowest BCUT2D eigenvalue weighted by atomic mass is 9.97. The van der Waals surface area contributed by atoms with Crippen molar-refractivity contribution in [3.63, 3.8) is 0 Å². The highest BCUT2D eigenvalue weighted by atomic mass is 16.2. The van der Waals surface area contributed by atoms with E-state index in [1.165, 1.54) is 0 Å². The summed E-state index contributed by atoms with van der Waals surface area (Å²) < 4.78 is 0. The Bertz CT molecular complexity index is 636. The van der Waals surface area contributed by atoms with Crippen molar-refractivity contribution in [3.05, 3.63) is 23.8 Å². The molecule has 0 saturated carbocycles. The zero-order chi connectivity index (χ0) is 16.4. The molecule has 2 aliphatic rings. The van der Waals surface area contributed by atoms with Crippen LogP contribution in [0.2, 0.25) is 0 Å². The number of aryl methyl sites for hydroxylation is 1. The molecule has 122 valence electrons. The number of aldehydes is 1. The maximum Gasteiger partial charge on any atom is 0.328 e. The summed E-state index contributed by atoms with van der Waals surface area (Å²) in [6.45, 7) is 4.19. The number of hydrogen-bond donors (Lipinski definition) is 1. The van der Waals surface area contributed by atoms with Crippen LogP contribution in [0.4, 0.5) is 16.2 Å². The Morgan fingerprint density at radius 3 is 2.52 bits per heavy atom. The molecule has 0 aliphatic carbocycles. The first-order chi connectivity index (χ1) is 11.1. The molecule has 0 bridgehead atoms. The Labute approximate surface area is 135 Å². The molecule has 23 heavy (non-hydrogen) atoms. The first-order valence-corrected chi connectivity index (χ1v) is 8.00. The Hall–Kier alpha value is -2.37. The number of anilines is 2. The Morgan fingerprint density at radius 2 is 1.91 bits per heavy atom. The van der Waals surface area contributed by atoms with E-state index in [4.69, 9.17) is 0 Å². The van der Waals surface area contributed by atoms with E-state index in [0.717, 1.165) is 49.2 Å². The van der Waals surface area contributed by atoms with Gasteiger partial charge in [0.05, 0.1) is 0 Å². The summed E-state index contributed by atoms with van der Waals surface area (Å²) in [7, 11) is 0. The van der Waals surface area contributed by atoms with E-state index in [9.17, 15) is 14.4 Å². The second-order valence-corrected chi connectivity index (χ2v) is 6.19. The van der Waals surface area contributed by atoms with Crippen molar-refractivity contribution in [1.29, 1.82) is 0 Å². The van der Waals surface area contributed by atoms with E-state index in [0.29, 0.717) is 13.0 Å². The predicted molar refractivity (Wildman–Crippen MR) is 87.7 cm³/mol. The minimum atomic E-state index is -0.361. The van der Waals surface area contributed by atoms with E-state index < -0.39 is 0 Å². The maximum absolute atomic E-state index is 11.9. The normalized spacial score (nSPS) is 19.7. The Kier molecular flexibility index (Phi) is 4.32. The van der Waals surface area contributed by atoms with Crippen LogP contribution in [0, 0.1) is 12.8 Å². The molecular weight excluding hydrogens is 294 g/mol. The van der Waals surface area contributed by atoms with E-state index in [1.807, 2.05) is 25.1 Å². The summed E-state index contributed by atoms with van der Waals surface area (Å²) in [5.41, 5.74) is 3.04. The highest BCUT2D eigenvalue weighted by Crippen LogP contribution is 2.29. The number of amides is 3. The molecule has 2 aliphatic heterocycles. The number of carbonyl (C=O) groups excluding carboxylic acids is 3. The first-order valence-electron chi connectivity index (χ1n) is 8.00. The zero-order valence-electron chi connectivity index (χ0n) is 13.2. The smallest absolute Gasteiger partial charge is 0.328 e. The van der Waals surface area contributed by atoms with Gasteiger partial charge in [-0.25, -0.2) is 4.79 Å². The first kappa shape index (κ1) is 15.5. The number of imide groups is 1. The van der Waals surface area contributed by atoms with E-state index in [2.05, 4.69) is 10.2 Å². The van der Waals surface area contributed by atoms with Crippen LogP contribution in [0.15, 0.2) is 18.2 Å². The molecule has 2 fully saturated rings. The van der Waals surface area contributed by atoms with Crippen LogP contribution in [0.5, 0.6) is 0 Å². The summed E-state index contributed by atoms with van der Waals surface area (Å²) in [6, 6.07) is 5.57. The SMILES string of the molecule is Cc1cc(N2CCC(=O)NC2=O)ccc1N1CCC(C=O)CC1. The number of carbonyl (C=O) groups is 3. The monoisotopic (exact) mass is 315 g/mol. The molecular formula is C17H21N3O3. The lowest BCUT2D eigenvalue weighted by Gasteiger charge is -2.33. The molecule has 0 aromatic heterocycles. The average molecular weight is 315 g/mol. The number of rotatable bonds is 3. The van der Waals surface area contributed by atoms with Crippen molar-refractivity contribution in [2.45, 2.75) is 26.2 Å². The molecule has 6 heteroatoms. The van der Waals surface area contributed by atoms with Crippen molar-refractivity contribution in [2.75, 3.05) is 29.4 Å². The van der Waals surface area contributed by atoms with Gasteiger partial charge in [-0.2, -0.15) is 0 Å². The highest BCUT2D eigenvalue weighted by molar-refractivity contribution is 6.05. The molecule has 2 saturated heterocycles. The Balaban J connectivity index is 1.75. The molecule has 0 unspecified atom stereocenters. The summed E-state index contributed by atoms with van der Waals surface area (Å²) >= 11 is 0. The maximum atomic E-state index is 11.9. The number of nitrogens with one attached hydrogen (secondary N) is 1. The largest absolute Gasteiger partial charge is 0.371 e. The summed E-state index contributed by atoms with van der Waals surface area (Å²) in [5, 5.41) is 2.34. The van der Waals surface area contributed by atoms with Gasteiger partial charge in [-0.3, -0.25) is 15.0 Å². The third-order valence-corrected chi connectivity index (χ3v) is 4.62. The second kappa shape index (κ2) is 6.40. The van der Waals surface area contributed by atoms with Gasteiger partial charge in [-0.05, 0) is 43.5 Å². The van der Waals surface area contributed by atoms with Crippen molar-refractivity contribution in [3.8, 4) is 0 Å². The standard InChI is InChI=1S/C17H21N3O3/c1-12-10-14(20-9-6-16(22)18-17(20)23)2-3-15(12)19-7-4-13(11-21)5-8-19/h2-3,10-11,13H,4-9H2,1H3,(H,18,22,23). The van der Waals surface area contributed by atoms with Gasteiger partial charge in [0.1, 0.15) is 6.29 Å². The van der Waals surface area contributed by atoms with Gasteiger partial charge in [-0.1, -0.05) is 0 Å². The number of hydrogen-bond acceptors (Lipinski definition) is 4. The Morgan fingerprint density at radius 1 is 1.17 bits per heavy atom. The fourth-order valence-corrected chi connectivity index (χ4v) is 3.25. The van der Waals surface area contributed by atoms with E-state index in [-0.39, 0.29) is 17.9 Å². The van der Waals surface area contributed by atoms with E-state index >= 15 is 0 Å². The molecule has 0 spiro atoms. The average Bonchev–Trinajstić information content (AvgIpc) is 2.55. The van der Waals surface area contributed by atoms with Gasteiger partial charge in [0.15, 0.2) is 0 Å². The van der Waals surface area contributed by atoms with Crippen molar-refractivity contribution in [2.24, 2.45) is 5.92 Å². The quantitative estimate of drug-likeness (QED) is 0.864. The van der Waals surface area contributed by atoms with Crippen LogP contribution in [-0.2, 0) is 9.59 Å². The summed E-state index contributed by atoms with van der Waals surface area (Å²) in [5.74, 6) is -0.0435. The van der Waals surface area contributed by atoms with Crippen LogP contribution >= 0.6 is 0 Å². The van der Waals surface area contributed by atoms with Crippen molar-refractivity contribution in [1.82, 2.24) is 5.32 Å². The van der Waals surface area contributed by atoms with E-state index in [1.54, 1.807) is 4.90 Å². The number of piperidine rings is 1. The lowest BCUT2D eigenvalue weighted by molar-refractivity contribution is -0.120. The number of benzene rings is 1. The molecule has 0 radical (unpaired) electrons. The van der Waals surface area contributed by atoms with Crippen LogP contribution in [-0.4, -0.2) is 37.9 Å². The predicted octanol–water partition coefficient (Wildman–Crippen LogP) is 1.86. The minimum absolute atomic E-state index is 0.181. The summed E-state index contributed by atoms with van der Waals surface area (Å²) in [6.07, 6.45) is 3.16. The molecule has 1 aromatic carbocycles. The van der Waals surface area contributed by atoms with Crippen LogP contribution < -0.4 is 15.1 Å². The number of urea groups is 1. The van der Waals surface area contributed by atoms with Gasteiger partial charge in [0.2, 0.25) is 5.91 Å². The van der Waals surface area contributed by atoms with Crippen molar-refractivity contribution < 1.29 is 14.4 Å². The fourth-order valence-electron chi connectivity index (χ4n) is 3.25. The topological polar surface area (TPSA) is 69.7 Å². The van der Waals surface area contributed by atoms with Gasteiger partial charge in [-0.15, -0.1) is 0 Å². The molecule has 3 rings (SSSR count). The second-order valence-electron chi connectivity index (χ2n) is 6.19. The number of nitrogens with zero attached hydrogens (tertiary/aromatic N) is 2. The molecule has 0 atom stereocenters. The lowest BCUT2D eigenvalue weighted by Crippen LogP contribution is -2.49. The zero-order valence-corrected chi connectivity index (χ0v) is 13.2. The van der Waals surface area contributed by atoms with Gasteiger partial charge in [0, 0.05) is 43.3 Å². The third-order valence-electron chi connectivity index (χ3n) is 4.62. The van der Waals surface area contributed by atoms with Gasteiger partial charge < -0.3 is 9.69 Å². The molecule has 2 heterocycles. The van der Waals surface area contributed by atoms with Gasteiger partial charge >= 0.3 is 6.03 Å². The van der Waals surface area contributed by atoms with Crippen molar-refractivity contribution >= 4 is 29.6 Å². The fraction of sp³-hybridized carbons (Fsp3) is 0.471. The molecule has 3 amide bonds.